The molecule has 0 aliphatic carbocycles. The molecule has 0 aliphatic rings. The summed E-state index contributed by atoms with van der Waals surface area (Å²) >= 11 is 0. The van der Waals surface area contributed by atoms with Crippen LogP contribution >= 0.6 is 0 Å². The SMILES string of the molecule is CC/C=C/C(=N\c1cccc(CCCCCCCCCC)c1)C(/CCCC)=N/c1cccc(CCCCCCCCCC)c1.[Ni]. The quantitative estimate of drug-likeness (QED) is 0.0546. The van der Waals surface area contributed by atoms with Crippen molar-refractivity contribution < 1.29 is 16.5 Å². The van der Waals surface area contributed by atoms with Crippen LogP contribution in [0.3, 0.4) is 0 Å². The fourth-order valence-corrected chi connectivity index (χ4v) is 5.80. The molecule has 0 amide bonds. The van der Waals surface area contributed by atoms with Gasteiger partial charge in [0.25, 0.3) is 0 Å². The average Bonchev–Trinajstić information content (AvgIpc) is 3.04. The summed E-state index contributed by atoms with van der Waals surface area (Å²) in [5, 5.41) is 0. The van der Waals surface area contributed by atoms with E-state index in [1.54, 1.807) is 0 Å². The third-order valence-corrected chi connectivity index (χ3v) is 8.55. The third-order valence-electron chi connectivity index (χ3n) is 8.55. The first-order valence-electron chi connectivity index (χ1n) is 18.7. The number of aliphatic imine (C=N–C) groups is 2. The number of aryl methyl sites for hydroxylation is 2. The van der Waals surface area contributed by atoms with E-state index >= 15 is 0 Å². The fraction of sp³-hybridized carbons (Fsp3) is 0.619. The molecule has 0 unspecified atom stereocenters. The van der Waals surface area contributed by atoms with E-state index in [-0.39, 0.29) is 16.5 Å². The van der Waals surface area contributed by atoms with Gasteiger partial charge in [-0.15, -0.1) is 0 Å². The molecule has 254 valence electrons. The van der Waals surface area contributed by atoms with Crippen LogP contribution in [0.5, 0.6) is 0 Å². The maximum absolute atomic E-state index is 5.25. The van der Waals surface area contributed by atoms with Gasteiger partial charge in [-0.2, -0.15) is 0 Å². The summed E-state index contributed by atoms with van der Waals surface area (Å²) in [4.78, 5) is 10.5. The molecular weight excluding hydrogens is 591 g/mol. The van der Waals surface area contributed by atoms with E-state index in [0.717, 1.165) is 61.3 Å². The molecule has 0 saturated carbocycles. The molecule has 0 atom stereocenters. The van der Waals surface area contributed by atoms with Crippen molar-refractivity contribution in [2.24, 2.45) is 9.98 Å². The Morgan fingerprint density at radius 1 is 0.533 bits per heavy atom. The van der Waals surface area contributed by atoms with E-state index in [9.17, 15) is 0 Å². The first kappa shape index (κ1) is 41.0. The summed E-state index contributed by atoms with van der Waals surface area (Å²) in [6.07, 6.45) is 32.7. The van der Waals surface area contributed by atoms with Gasteiger partial charge in [-0.3, -0.25) is 4.99 Å². The monoisotopic (exact) mass is 656 g/mol. The fourth-order valence-electron chi connectivity index (χ4n) is 5.80. The molecule has 2 nitrogen and oxygen atoms in total. The van der Waals surface area contributed by atoms with Crippen LogP contribution in [-0.2, 0) is 29.3 Å². The minimum atomic E-state index is 0. The van der Waals surface area contributed by atoms with Crippen LogP contribution in [0, 0.1) is 0 Å². The zero-order valence-electron chi connectivity index (χ0n) is 29.5. The second-order valence-corrected chi connectivity index (χ2v) is 12.8. The van der Waals surface area contributed by atoms with Crippen LogP contribution in [0.15, 0.2) is 70.7 Å². The molecule has 0 heterocycles. The van der Waals surface area contributed by atoms with Gasteiger partial charge in [-0.05, 0) is 86.4 Å². The van der Waals surface area contributed by atoms with Gasteiger partial charge in [0.2, 0.25) is 0 Å². The topological polar surface area (TPSA) is 24.7 Å². The summed E-state index contributed by atoms with van der Waals surface area (Å²) in [7, 11) is 0. The van der Waals surface area contributed by atoms with E-state index < -0.39 is 0 Å². The number of allylic oxidation sites excluding steroid dienone is 2. The molecule has 45 heavy (non-hydrogen) atoms. The van der Waals surface area contributed by atoms with E-state index in [1.807, 2.05) is 0 Å². The van der Waals surface area contributed by atoms with Gasteiger partial charge in [0.05, 0.1) is 22.8 Å². The Morgan fingerprint density at radius 2 is 0.978 bits per heavy atom. The molecular formula is C42H66N2Ni. The molecule has 0 bridgehead atoms. The summed E-state index contributed by atoms with van der Waals surface area (Å²) in [6.45, 7) is 9.03. The summed E-state index contributed by atoms with van der Waals surface area (Å²) in [6, 6.07) is 17.8. The Labute approximate surface area is 289 Å². The van der Waals surface area contributed by atoms with Gasteiger partial charge >= 0.3 is 0 Å². The number of nitrogens with zero attached hydrogens (tertiary/aromatic N) is 2. The summed E-state index contributed by atoms with van der Waals surface area (Å²) < 4.78 is 0. The van der Waals surface area contributed by atoms with E-state index in [4.69, 9.17) is 9.98 Å². The first-order chi connectivity index (χ1) is 21.7. The van der Waals surface area contributed by atoms with Crippen LogP contribution in [0.2, 0.25) is 0 Å². The molecule has 0 radical (unpaired) electrons. The molecule has 0 N–H and O–H groups in total. The number of unbranched alkanes of at least 4 members (excludes halogenated alkanes) is 15. The van der Waals surface area contributed by atoms with Crippen molar-refractivity contribution >= 4 is 22.8 Å². The average molecular weight is 658 g/mol. The second-order valence-electron chi connectivity index (χ2n) is 12.8. The van der Waals surface area contributed by atoms with Crippen LogP contribution in [0.25, 0.3) is 0 Å². The van der Waals surface area contributed by atoms with Crippen molar-refractivity contribution in [1.82, 2.24) is 0 Å². The Bertz CT molecular complexity index is 1080. The van der Waals surface area contributed by atoms with Crippen molar-refractivity contribution in [3.05, 3.63) is 71.8 Å². The van der Waals surface area contributed by atoms with Crippen molar-refractivity contribution in [3.63, 3.8) is 0 Å². The Morgan fingerprint density at radius 3 is 1.44 bits per heavy atom. The van der Waals surface area contributed by atoms with Crippen molar-refractivity contribution in [3.8, 4) is 0 Å². The standard InChI is InChI=1S/C42H66N2.Ni/c1-5-9-13-15-17-19-21-23-27-37-29-25-31-39(35-37)43-41(33-11-7-3)42(34-12-8-4)44-40-32-26-30-38(36-40)28-24-22-20-18-16-14-10-6-2;/h11,25-26,29-33,35-36H,5-10,12-24,27-28,34H2,1-4H3;/b33-11+,43-41+,44-42+;. The maximum atomic E-state index is 5.25. The van der Waals surface area contributed by atoms with Crippen LogP contribution < -0.4 is 0 Å². The Kier molecular flexibility index (Phi) is 25.8. The second kappa shape index (κ2) is 28.3. The minimum Gasteiger partial charge on any atom is -0.251 e. The normalized spacial score (nSPS) is 12.2. The Hall–Kier alpha value is -1.99. The molecule has 0 spiro atoms. The minimum absolute atomic E-state index is 0. The molecule has 3 heteroatoms. The van der Waals surface area contributed by atoms with E-state index in [1.165, 1.54) is 114 Å². The van der Waals surface area contributed by atoms with E-state index in [2.05, 4.69) is 88.4 Å². The van der Waals surface area contributed by atoms with Gasteiger partial charge in [-0.1, -0.05) is 154 Å². The molecule has 2 aromatic rings. The predicted octanol–water partition coefficient (Wildman–Crippen LogP) is 14.1. The maximum Gasteiger partial charge on any atom is 0.0848 e. The van der Waals surface area contributed by atoms with Crippen LogP contribution in [0.1, 0.15) is 167 Å². The van der Waals surface area contributed by atoms with Gasteiger partial charge < -0.3 is 0 Å². The first-order valence-corrected chi connectivity index (χ1v) is 18.7. The zero-order chi connectivity index (χ0) is 31.5. The van der Waals surface area contributed by atoms with Gasteiger partial charge in [-0.25, -0.2) is 4.99 Å². The molecule has 0 aromatic heterocycles. The number of rotatable bonds is 26. The third kappa shape index (κ3) is 20.0. The summed E-state index contributed by atoms with van der Waals surface area (Å²) in [5.74, 6) is 0. The molecule has 0 fully saturated rings. The molecule has 2 aromatic carbocycles. The predicted molar refractivity (Wildman–Crippen MR) is 199 cm³/mol. The largest absolute Gasteiger partial charge is 0.251 e. The molecule has 0 aliphatic heterocycles. The molecule has 2 rings (SSSR count). The molecule has 0 saturated heterocycles. The smallest absolute Gasteiger partial charge is 0.0848 e. The van der Waals surface area contributed by atoms with Gasteiger partial charge in [0.15, 0.2) is 0 Å². The zero-order valence-corrected chi connectivity index (χ0v) is 30.5. The Balaban J connectivity index is 0.0000101. The van der Waals surface area contributed by atoms with Crippen LogP contribution in [0.4, 0.5) is 11.4 Å². The van der Waals surface area contributed by atoms with Crippen molar-refractivity contribution in [2.45, 2.75) is 169 Å². The van der Waals surface area contributed by atoms with Crippen LogP contribution in [-0.4, -0.2) is 11.4 Å². The van der Waals surface area contributed by atoms with Crippen molar-refractivity contribution in [1.29, 1.82) is 0 Å². The number of hydrogen-bond acceptors (Lipinski definition) is 2. The van der Waals surface area contributed by atoms with Crippen molar-refractivity contribution in [2.75, 3.05) is 0 Å². The number of benzene rings is 2. The van der Waals surface area contributed by atoms with Gasteiger partial charge in [0, 0.05) is 16.5 Å². The number of hydrogen-bond donors (Lipinski definition) is 0. The summed E-state index contributed by atoms with van der Waals surface area (Å²) in [5.41, 5.74) is 7.03. The van der Waals surface area contributed by atoms with E-state index in [0.29, 0.717) is 0 Å². The van der Waals surface area contributed by atoms with Gasteiger partial charge in [0.1, 0.15) is 0 Å².